The average Bonchev–Trinajstić information content (AvgIpc) is 2.93. The van der Waals surface area contributed by atoms with E-state index in [0.29, 0.717) is 18.5 Å². The van der Waals surface area contributed by atoms with Crippen LogP contribution in [-0.2, 0) is 4.79 Å². The lowest BCUT2D eigenvalue weighted by atomic mass is 10.1. The summed E-state index contributed by atoms with van der Waals surface area (Å²) in [6, 6.07) is 4.92. The van der Waals surface area contributed by atoms with E-state index in [1.165, 1.54) is 0 Å². The van der Waals surface area contributed by atoms with Crippen LogP contribution in [-0.4, -0.2) is 35.8 Å². The molecule has 0 bridgehead atoms. The van der Waals surface area contributed by atoms with Crippen molar-refractivity contribution in [2.45, 2.75) is 25.8 Å². The van der Waals surface area contributed by atoms with E-state index >= 15 is 0 Å². The highest BCUT2D eigenvalue weighted by Gasteiger charge is 2.33. The molecule has 0 spiro atoms. The summed E-state index contributed by atoms with van der Waals surface area (Å²) in [4.78, 5) is 25.6. The summed E-state index contributed by atoms with van der Waals surface area (Å²) >= 11 is 0. The van der Waals surface area contributed by atoms with Gasteiger partial charge in [-0.3, -0.25) is 9.59 Å². The van der Waals surface area contributed by atoms with Gasteiger partial charge in [-0.25, -0.2) is 0 Å². The number of nitrogens with zero attached hydrogens (tertiary/aromatic N) is 1. The van der Waals surface area contributed by atoms with Gasteiger partial charge in [0.25, 0.3) is 5.91 Å². The molecule has 1 aliphatic rings. The Kier molecular flexibility index (Phi) is 4.61. The SMILES string of the molecule is Cc1cc(C#CCN)cc(C(=O)N2CCCC2C(N)=O)c1. The summed E-state index contributed by atoms with van der Waals surface area (Å²) < 4.78 is 0. The Balaban J connectivity index is 2.30. The zero-order chi connectivity index (χ0) is 15.4. The molecule has 1 aromatic carbocycles. The number of hydrogen-bond donors (Lipinski definition) is 2. The summed E-state index contributed by atoms with van der Waals surface area (Å²) in [6.07, 6.45) is 1.43. The van der Waals surface area contributed by atoms with Crippen molar-refractivity contribution in [3.8, 4) is 11.8 Å². The molecule has 5 heteroatoms. The van der Waals surface area contributed by atoms with E-state index in [1.807, 2.05) is 13.0 Å². The fraction of sp³-hybridized carbons (Fsp3) is 0.375. The summed E-state index contributed by atoms with van der Waals surface area (Å²) in [5.41, 5.74) is 12.9. The van der Waals surface area contributed by atoms with E-state index in [0.717, 1.165) is 17.5 Å². The molecule has 5 nitrogen and oxygen atoms in total. The molecule has 1 unspecified atom stereocenters. The molecule has 1 fully saturated rings. The maximum Gasteiger partial charge on any atom is 0.254 e. The minimum atomic E-state index is -0.503. The molecule has 0 aliphatic carbocycles. The highest BCUT2D eigenvalue weighted by Crippen LogP contribution is 2.21. The Bertz CT molecular complexity index is 628. The van der Waals surface area contributed by atoms with Gasteiger partial charge < -0.3 is 16.4 Å². The van der Waals surface area contributed by atoms with Crippen LogP contribution in [0.4, 0.5) is 0 Å². The molecule has 1 atom stereocenters. The molecule has 110 valence electrons. The van der Waals surface area contributed by atoms with Gasteiger partial charge in [0.05, 0.1) is 6.54 Å². The van der Waals surface area contributed by atoms with Crippen molar-refractivity contribution >= 4 is 11.8 Å². The van der Waals surface area contributed by atoms with Crippen LogP contribution in [0.1, 0.15) is 34.3 Å². The van der Waals surface area contributed by atoms with Gasteiger partial charge in [-0.1, -0.05) is 11.8 Å². The minimum Gasteiger partial charge on any atom is -0.368 e. The Morgan fingerprint density at radius 2 is 2.14 bits per heavy atom. The third-order valence-corrected chi connectivity index (χ3v) is 3.50. The number of nitrogens with two attached hydrogens (primary N) is 2. The van der Waals surface area contributed by atoms with Gasteiger partial charge in [0.2, 0.25) is 5.91 Å². The number of carbonyl (C=O) groups excluding carboxylic acids is 2. The number of primary amides is 1. The van der Waals surface area contributed by atoms with Gasteiger partial charge in [0, 0.05) is 17.7 Å². The van der Waals surface area contributed by atoms with E-state index in [9.17, 15) is 9.59 Å². The number of benzene rings is 1. The van der Waals surface area contributed by atoms with E-state index in [-0.39, 0.29) is 12.5 Å². The highest BCUT2D eigenvalue weighted by molar-refractivity contribution is 5.98. The molecule has 0 aromatic heterocycles. The molecule has 4 N–H and O–H groups in total. The second-order valence-corrected chi connectivity index (χ2v) is 5.15. The van der Waals surface area contributed by atoms with Crippen LogP contribution in [0.3, 0.4) is 0 Å². The number of aryl methyl sites for hydroxylation is 1. The molecule has 1 aromatic rings. The van der Waals surface area contributed by atoms with E-state index in [1.54, 1.807) is 17.0 Å². The van der Waals surface area contributed by atoms with Crippen molar-refractivity contribution in [1.82, 2.24) is 4.90 Å². The zero-order valence-electron chi connectivity index (χ0n) is 12.1. The third-order valence-electron chi connectivity index (χ3n) is 3.50. The molecule has 1 aliphatic heterocycles. The fourth-order valence-electron chi connectivity index (χ4n) is 2.60. The monoisotopic (exact) mass is 285 g/mol. The molecule has 0 radical (unpaired) electrons. The number of rotatable bonds is 2. The molecular weight excluding hydrogens is 266 g/mol. The van der Waals surface area contributed by atoms with Gasteiger partial charge in [-0.15, -0.1) is 0 Å². The topological polar surface area (TPSA) is 89.4 Å². The fourth-order valence-corrected chi connectivity index (χ4v) is 2.60. The second kappa shape index (κ2) is 6.42. The molecule has 21 heavy (non-hydrogen) atoms. The number of likely N-dealkylation sites (tertiary alicyclic amines) is 1. The molecule has 1 heterocycles. The number of carbonyl (C=O) groups is 2. The highest BCUT2D eigenvalue weighted by atomic mass is 16.2. The first-order valence-electron chi connectivity index (χ1n) is 6.94. The smallest absolute Gasteiger partial charge is 0.254 e. The van der Waals surface area contributed by atoms with Crippen LogP contribution in [0.15, 0.2) is 18.2 Å². The molecule has 2 amide bonds. The lowest BCUT2D eigenvalue weighted by Gasteiger charge is -2.22. The van der Waals surface area contributed by atoms with Gasteiger partial charge in [-0.05, 0) is 43.5 Å². The largest absolute Gasteiger partial charge is 0.368 e. The van der Waals surface area contributed by atoms with Crippen LogP contribution in [0.5, 0.6) is 0 Å². The minimum absolute atomic E-state index is 0.171. The van der Waals surface area contributed by atoms with Crippen molar-refractivity contribution in [3.05, 3.63) is 34.9 Å². The Morgan fingerprint density at radius 1 is 1.38 bits per heavy atom. The van der Waals surface area contributed by atoms with Gasteiger partial charge in [-0.2, -0.15) is 0 Å². The van der Waals surface area contributed by atoms with Crippen LogP contribution >= 0.6 is 0 Å². The summed E-state index contributed by atoms with van der Waals surface area (Å²) in [5.74, 6) is 5.08. The van der Waals surface area contributed by atoms with Gasteiger partial charge >= 0.3 is 0 Å². The first-order valence-corrected chi connectivity index (χ1v) is 6.94. The van der Waals surface area contributed by atoms with Crippen LogP contribution < -0.4 is 11.5 Å². The first kappa shape index (κ1) is 15.1. The van der Waals surface area contributed by atoms with E-state index in [2.05, 4.69) is 11.8 Å². The predicted molar refractivity (Wildman–Crippen MR) is 80.4 cm³/mol. The van der Waals surface area contributed by atoms with Crippen molar-refractivity contribution in [3.63, 3.8) is 0 Å². The Hall–Kier alpha value is -2.32. The lowest BCUT2D eigenvalue weighted by Crippen LogP contribution is -2.43. The number of amides is 2. The molecule has 0 saturated carbocycles. The van der Waals surface area contributed by atoms with Gasteiger partial charge in [0.15, 0.2) is 0 Å². The Morgan fingerprint density at radius 3 is 2.81 bits per heavy atom. The number of hydrogen-bond acceptors (Lipinski definition) is 3. The first-order chi connectivity index (χ1) is 10.0. The Labute approximate surface area is 124 Å². The third kappa shape index (κ3) is 3.41. The quantitative estimate of drug-likeness (QED) is 0.771. The van der Waals surface area contributed by atoms with Crippen molar-refractivity contribution < 1.29 is 9.59 Å². The summed E-state index contributed by atoms with van der Waals surface area (Å²) in [6.45, 7) is 2.73. The normalized spacial score (nSPS) is 17.2. The zero-order valence-corrected chi connectivity index (χ0v) is 12.1. The van der Waals surface area contributed by atoms with Gasteiger partial charge in [0.1, 0.15) is 6.04 Å². The molecule has 1 saturated heterocycles. The molecular formula is C16H19N3O2. The van der Waals surface area contributed by atoms with Crippen molar-refractivity contribution in [2.75, 3.05) is 13.1 Å². The predicted octanol–water partition coefficient (Wildman–Crippen LogP) is 0.395. The van der Waals surface area contributed by atoms with E-state index in [4.69, 9.17) is 11.5 Å². The second-order valence-electron chi connectivity index (χ2n) is 5.15. The standard InChI is InChI=1S/C16H19N3O2/c1-11-8-12(4-2-6-17)10-13(9-11)16(21)19-7-3-5-14(19)15(18)20/h8-10,14H,3,5-7,17H2,1H3,(H2,18,20). The molecule has 2 rings (SSSR count). The average molecular weight is 285 g/mol. The maximum absolute atomic E-state index is 12.6. The lowest BCUT2D eigenvalue weighted by molar-refractivity contribution is -0.121. The van der Waals surface area contributed by atoms with Crippen LogP contribution in [0, 0.1) is 18.8 Å². The summed E-state index contributed by atoms with van der Waals surface area (Å²) in [7, 11) is 0. The maximum atomic E-state index is 12.6. The van der Waals surface area contributed by atoms with E-state index < -0.39 is 11.9 Å². The van der Waals surface area contributed by atoms with Crippen LogP contribution in [0.2, 0.25) is 0 Å². The summed E-state index contributed by atoms with van der Waals surface area (Å²) in [5, 5.41) is 0. The van der Waals surface area contributed by atoms with Crippen molar-refractivity contribution in [1.29, 1.82) is 0 Å². The van der Waals surface area contributed by atoms with Crippen LogP contribution in [0.25, 0.3) is 0 Å². The van der Waals surface area contributed by atoms with Crippen molar-refractivity contribution in [2.24, 2.45) is 11.5 Å².